The average Bonchev–Trinajstić information content (AvgIpc) is 2.32. The monoisotopic (exact) mass is 232 g/mol. The molecule has 88 valence electrons. The number of ether oxygens (including phenoxy) is 1. The minimum atomic E-state index is -0.599. The second-order valence-electron chi connectivity index (χ2n) is 3.67. The fraction of sp³-hybridized carbons (Fsp3) is 0.231. The Hall–Kier alpha value is -1.97. The number of aromatic nitrogens is 2. The number of nitrogens with zero attached hydrogens (tertiary/aromatic N) is 2. The number of hydrogen-bond donors (Lipinski definition) is 0. The van der Waals surface area contributed by atoms with Crippen molar-refractivity contribution in [1.82, 2.24) is 9.97 Å². The lowest BCUT2D eigenvalue weighted by molar-refractivity contribution is 0.450. The molecule has 17 heavy (non-hydrogen) atoms. The van der Waals surface area contributed by atoms with Crippen LogP contribution in [0.2, 0.25) is 0 Å². The van der Waals surface area contributed by atoms with E-state index < -0.39 is 5.95 Å². The summed E-state index contributed by atoms with van der Waals surface area (Å²) in [4.78, 5) is 7.18. The molecule has 0 bridgehead atoms. The molecule has 0 saturated heterocycles. The van der Waals surface area contributed by atoms with Crippen LogP contribution in [-0.2, 0) is 6.42 Å². The highest BCUT2D eigenvalue weighted by Crippen LogP contribution is 2.19. The summed E-state index contributed by atoms with van der Waals surface area (Å²) in [5, 5.41) is 0. The summed E-state index contributed by atoms with van der Waals surface area (Å²) in [6.45, 7) is 2.13. The van der Waals surface area contributed by atoms with E-state index in [1.165, 1.54) is 5.56 Å². The Bertz CT molecular complexity index is 485. The van der Waals surface area contributed by atoms with Crippen molar-refractivity contribution in [2.45, 2.75) is 19.8 Å². The molecule has 1 aromatic heterocycles. The van der Waals surface area contributed by atoms with Crippen LogP contribution in [0.4, 0.5) is 4.39 Å². The number of halogens is 1. The molecule has 0 saturated carbocycles. The zero-order chi connectivity index (χ0) is 12.1. The summed E-state index contributed by atoms with van der Waals surface area (Å²) in [7, 11) is 0. The maximum atomic E-state index is 12.8. The fourth-order valence-electron chi connectivity index (χ4n) is 1.51. The Kier molecular flexibility index (Phi) is 3.65. The van der Waals surface area contributed by atoms with Gasteiger partial charge in [0.25, 0.3) is 0 Å². The molecule has 0 aliphatic rings. The predicted octanol–water partition coefficient (Wildman–Crippen LogP) is 3.36. The normalized spacial score (nSPS) is 10.2. The summed E-state index contributed by atoms with van der Waals surface area (Å²) in [6.07, 6.45) is 3.29. The number of benzene rings is 1. The first-order chi connectivity index (χ1) is 8.28. The van der Waals surface area contributed by atoms with Crippen LogP contribution in [0.3, 0.4) is 0 Å². The van der Waals surface area contributed by atoms with E-state index in [0.717, 1.165) is 25.2 Å². The van der Waals surface area contributed by atoms with E-state index in [0.29, 0.717) is 5.75 Å². The Labute approximate surface area is 99.3 Å². The molecule has 2 rings (SSSR count). The molecule has 0 N–H and O–H groups in total. The first-order valence-electron chi connectivity index (χ1n) is 5.52. The van der Waals surface area contributed by atoms with Crippen LogP contribution in [0.25, 0.3) is 0 Å². The van der Waals surface area contributed by atoms with Crippen molar-refractivity contribution < 1.29 is 9.13 Å². The van der Waals surface area contributed by atoms with E-state index in [-0.39, 0.29) is 5.88 Å². The number of hydrogen-bond acceptors (Lipinski definition) is 3. The topological polar surface area (TPSA) is 35.0 Å². The van der Waals surface area contributed by atoms with Gasteiger partial charge < -0.3 is 4.74 Å². The molecule has 0 aliphatic carbocycles. The second kappa shape index (κ2) is 5.39. The van der Waals surface area contributed by atoms with Gasteiger partial charge in [-0.3, -0.25) is 0 Å². The van der Waals surface area contributed by atoms with Crippen molar-refractivity contribution in [2.75, 3.05) is 0 Å². The van der Waals surface area contributed by atoms with Gasteiger partial charge in [0.1, 0.15) is 12.1 Å². The third kappa shape index (κ3) is 3.24. The van der Waals surface area contributed by atoms with Crippen LogP contribution < -0.4 is 4.74 Å². The third-order valence-electron chi connectivity index (χ3n) is 2.29. The smallest absolute Gasteiger partial charge is 0.225 e. The first-order valence-corrected chi connectivity index (χ1v) is 5.52. The largest absolute Gasteiger partial charge is 0.439 e. The van der Waals surface area contributed by atoms with Crippen LogP contribution in [-0.4, -0.2) is 9.97 Å². The van der Waals surface area contributed by atoms with Crippen molar-refractivity contribution in [3.8, 4) is 11.6 Å². The average molecular weight is 232 g/mol. The van der Waals surface area contributed by atoms with Crippen molar-refractivity contribution in [3.05, 3.63) is 48.2 Å². The van der Waals surface area contributed by atoms with Gasteiger partial charge >= 0.3 is 0 Å². The molecule has 2 aromatic rings. The molecule has 0 spiro atoms. The SMILES string of the molecule is CCCc1ccc(Oc2cc(F)ncn2)cc1. The fourth-order valence-corrected chi connectivity index (χ4v) is 1.51. The Balaban J connectivity index is 2.08. The number of aryl methyl sites for hydroxylation is 1. The van der Waals surface area contributed by atoms with E-state index in [4.69, 9.17) is 4.74 Å². The van der Waals surface area contributed by atoms with Gasteiger partial charge in [-0.25, -0.2) is 9.97 Å². The summed E-state index contributed by atoms with van der Waals surface area (Å²) >= 11 is 0. The van der Waals surface area contributed by atoms with E-state index >= 15 is 0 Å². The molecule has 0 radical (unpaired) electrons. The van der Waals surface area contributed by atoms with E-state index in [2.05, 4.69) is 16.9 Å². The first kappa shape index (κ1) is 11.5. The highest BCUT2D eigenvalue weighted by Gasteiger charge is 2.01. The van der Waals surface area contributed by atoms with Gasteiger partial charge in [-0.15, -0.1) is 0 Å². The Morgan fingerprint density at radius 2 is 1.94 bits per heavy atom. The molecule has 1 aromatic carbocycles. The molecule has 0 unspecified atom stereocenters. The standard InChI is InChI=1S/C13H13FN2O/c1-2-3-10-4-6-11(7-5-10)17-13-8-12(14)15-9-16-13/h4-9H,2-3H2,1H3. The lowest BCUT2D eigenvalue weighted by atomic mass is 10.1. The van der Waals surface area contributed by atoms with Crippen LogP contribution in [0, 0.1) is 5.95 Å². The van der Waals surface area contributed by atoms with Crippen molar-refractivity contribution in [2.24, 2.45) is 0 Å². The molecule has 0 aliphatic heterocycles. The molecule has 0 amide bonds. The summed E-state index contributed by atoms with van der Waals surface area (Å²) in [6, 6.07) is 8.85. The summed E-state index contributed by atoms with van der Waals surface area (Å²) in [5.74, 6) is 0.251. The van der Waals surface area contributed by atoms with Gasteiger partial charge in [-0.2, -0.15) is 4.39 Å². The quantitative estimate of drug-likeness (QED) is 0.758. The maximum Gasteiger partial charge on any atom is 0.225 e. The molecular formula is C13H13FN2O. The highest BCUT2D eigenvalue weighted by molar-refractivity contribution is 5.30. The van der Waals surface area contributed by atoms with E-state index in [1.807, 2.05) is 24.3 Å². The molecule has 3 nitrogen and oxygen atoms in total. The van der Waals surface area contributed by atoms with Crippen LogP contribution in [0.15, 0.2) is 36.7 Å². The zero-order valence-electron chi connectivity index (χ0n) is 9.56. The lowest BCUT2D eigenvalue weighted by Gasteiger charge is -2.05. The van der Waals surface area contributed by atoms with Gasteiger partial charge in [0.2, 0.25) is 11.8 Å². The zero-order valence-corrected chi connectivity index (χ0v) is 9.56. The summed E-state index contributed by atoms with van der Waals surface area (Å²) < 4.78 is 18.2. The van der Waals surface area contributed by atoms with Gasteiger partial charge in [0.05, 0.1) is 6.07 Å². The van der Waals surface area contributed by atoms with E-state index in [9.17, 15) is 4.39 Å². The molecule has 0 fully saturated rings. The van der Waals surface area contributed by atoms with Crippen molar-refractivity contribution in [3.63, 3.8) is 0 Å². The highest BCUT2D eigenvalue weighted by atomic mass is 19.1. The van der Waals surface area contributed by atoms with Crippen molar-refractivity contribution in [1.29, 1.82) is 0 Å². The molecule has 4 heteroatoms. The molecular weight excluding hydrogens is 219 g/mol. The minimum absolute atomic E-state index is 0.209. The Morgan fingerprint density at radius 3 is 2.59 bits per heavy atom. The summed E-state index contributed by atoms with van der Waals surface area (Å²) in [5.41, 5.74) is 1.26. The second-order valence-corrected chi connectivity index (χ2v) is 3.67. The Morgan fingerprint density at radius 1 is 1.18 bits per heavy atom. The van der Waals surface area contributed by atoms with Crippen molar-refractivity contribution >= 4 is 0 Å². The minimum Gasteiger partial charge on any atom is -0.439 e. The van der Waals surface area contributed by atoms with Crippen LogP contribution in [0.1, 0.15) is 18.9 Å². The van der Waals surface area contributed by atoms with Crippen LogP contribution in [0.5, 0.6) is 11.6 Å². The number of rotatable bonds is 4. The van der Waals surface area contributed by atoms with Crippen LogP contribution >= 0.6 is 0 Å². The van der Waals surface area contributed by atoms with Gasteiger partial charge in [0, 0.05) is 0 Å². The van der Waals surface area contributed by atoms with Gasteiger partial charge in [-0.05, 0) is 24.1 Å². The lowest BCUT2D eigenvalue weighted by Crippen LogP contribution is -1.91. The predicted molar refractivity (Wildman–Crippen MR) is 62.5 cm³/mol. The third-order valence-corrected chi connectivity index (χ3v) is 2.29. The van der Waals surface area contributed by atoms with E-state index in [1.54, 1.807) is 0 Å². The molecule has 1 heterocycles. The molecule has 0 atom stereocenters. The van der Waals surface area contributed by atoms with Gasteiger partial charge in [-0.1, -0.05) is 25.5 Å². The van der Waals surface area contributed by atoms with Gasteiger partial charge in [0.15, 0.2) is 0 Å². The maximum absolute atomic E-state index is 12.8.